The number of rotatable bonds is 4. The second-order valence-electron chi connectivity index (χ2n) is 5.75. The summed E-state index contributed by atoms with van der Waals surface area (Å²) in [5.74, 6) is 0.632. The standard InChI is InChI=1S/C17H17N5O2S/c1-9-5-6-13(7-14(9)22(23)24)11(3)20-21-16-15-10(2)12(4)25-17(15)19-8-18-16/h5-8H,1-4H3,(H,18,19,21)/b20-11-. The minimum Gasteiger partial charge on any atom is -0.260 e. The molecule has 7 nitrogen and oxygen atoms in total. The summed E-state index contributed by atoms with van der Waals surface area (Å²) >= 11 is 1.62. The Labute approximate surface area is 148 Å². The van der Waals surface area contributed by atoms with Gasteiger partial charge in [0.15, 0.2) is 5.82 Å². The molecule has 0 aliphatic rings. The quantitative estimate of drug-likeness (QED) is 0.426. The van der Waals surface area contributed by atoms with Gasteiger partial charge in [-0.3, -0.25) is 15.5 Å². The van der Waals surface area contributed by atoms with Crippen molar-refractivity contribution >= 4 is 38.8 Å². The highest BCUT2D eigenvalue weighted by atomic mass is 32.1. The Morgan fingerprint density at radius 2 is 2.04 bits per heavy atom. The van der Waals surface area contributed by atoms with Crippen molar-refractivity contribution in [3.05, 3.63) is 56.2 Å². The molecule has 0 amide bonds. The van der Waals surface area contributed by atoms with Gasteiger partial charge >= 0.3 is 0 Å². The number of hydrogen-bond acceptors (Lipinski definition) is 7. The highest BCUT2D eigenvalue weighted by molar-refractivity contribution is 7.18. The lowest BCUT2D eigenvalue weighted by atomic mass is 10.1. The van der Waals surface area contributed by atoms with Crippen molar-refractivity contribution in [3.8, 4) is 0 Å². The van der Waals surface area contributed by atoms with Gasteiger partial charge in [-0.25, -0.2) is 9.97 Å². The summed E-state index contributed by atoms with van der Waals surface area (Å²) in [6, 6.07) is 5.07. The van der Waals surface area contributed by atoms with Crippen molar-refractivity contribution in [2.75, 3.05) is 5.43 Å². The Bertz CT molecular complexity index is 1010. The van der Waals surface area contributed by atoms with Crippen LogP contribution in [-0.2, 0) is 0 Å². The number of nitro groups is 1. The smallest absolute Gasteiger partial charge is 0.260 e. The molecule has 0 radical (unpaired) electrons. The lowest BCUT2D eigenvalue weighted by molar-refractivity contribution is -0.385. The molecule has 1 N–H and O–H groups in total. The van der Waals surface area contributed by atoms with Crippen LogP contribution in [0.4, 0.5) is 11.5 Å². The second kappa shape index (κ2) is 6.56. The number of hydrazone groups is 1. The number of benzene rings is 1. The first kappa shape index (κ1) is 17.0. The number of nitrogens with zero attached hydrogens (tertiary/aromatic N) is 4. The molecule has 0 fully saturated rings. The van der Waals surface area contributed by atoms with Gasteiger partial charge < -0.3 is 0 Å². The van der Waals surface area contributed by atoms with Crippen LogP contribution in [0.5, 0.6) is 0 Å². The molecule has 0 saturated heterocycles. The fourth-order valence-electron chi connectivity index (χ4n) is 2.50. The second-order valence-corrected chi connectivity index (χ2v) is 6.96. The van der Waals surface area contributed by atoms with Crippen LogP contribution < -0.4 is 5.43 Å². The van der Waals surface area contributed by atoms with E-state index in [9.17, 15) is 10.1 Å². The Balaban J connectivity index is 1.95. The van der Waals surface area contributed by atoms with Gasteiger partial charge in [-0.2, -0.15) is 5.10 Å². The van der Waals surface area contributed by atoms with E-state index in [2.05, 4.69) is 20.5 Å². The number of nitro benzene ring substituents is 1. The molecule has 0 spiro atoms. The van der Waals surface area contributed by atoms with E-state index in [0.29, 0.717) is 22.7 Å². The maximum Gasteiger partial charge on any atom is 0.272 e. The van der Waals surface area contributed by atoms with Crippen LogP contribution in [0.2, 0.25) is 0 Å². The van der Waals surface area contributed by atoms with Crippen LogP contribution >= 0.6 is 11.3 Å². The molecule has 3 rings (SSSR count). The van der Waals surface area contributed by atoms with E-state index in [0.717, 1.165) is 15.8 Å². The molecule has 1 aromatic carbocycles. The summed E-state index contributed by atoms with van der Waals surface area (Å²) in [7, 11) is 0. The number of aryl methyl sites for hydroxylation is 3. The number of anilines is 1. The van der Waals surface area contributed by atoms with Crippen molar-refractivity contribution < 1.29 is 4.92 Å². The molecule has 0 atom stereocenters. The molecule has 0 aliphatic heterocycles. The van der Waals surface area contributed by atoms with Crippen LogP contribution in [0.25, 0.3) is 10.2 Å². The molecule has 128 valence electrons. The number of fused-ring (bicyclic) bond motifs is 1. The summed E-state index contributed by atoms with van der Waals surface area (Å²) in [5.41, 5.74) is 6.14. The zero-order valence-electron chi connectivity index (χ0n) is 14.3. The summed E-state index contributed by atoms with van der Waals surface area (Å²) in [5, 5.41) is 16.4. The van der Waals surface area contributed by atoms with Gasteiger partial charge in [-0.15, -0.1) is 11.3 Å². The number of aromatic nitrogens is 2. The first-order valence-corrected chi connectivity index (χ1v) is 8.46. The predicted molar refractivity (Wildman–Crippen MR) is 101 cm³/mol. The Hall–Kier alpha value is -2.87. The molecule has 25 heavy (non-hydrogen) atoms. The summed E-state index contributed by atoms with van der Waals surface area (Å²) in [4.78, 5) is 21.4. The van der Waals surface area contributed by atoms with E-state index < -0.39 is 0 Å². The Morgan fingerprint density at radius 1 is 1.28 bits per heavy atom. The molecule has 3 aromatic rings. The lowest BCUT2D eigenvalue weighted by Gasteiger charge is -2.06. The molecular formula is C17H17N5O2S. The SMILES string of the molecule is C/C(=N/Nc1ncnc2sc(C)c(C)c12)c1ccc(C)c([N+](=O)[O-])c1. The summed E-state index contributed by atoms with van der Waals surface area (Å²) < 4.78 is 0. The first-order chi connectivity index (χ1) is 11.9. The van der Waals surface area contributed by atoms with Crippen molar-refractivity contribution in [1.29, 1.82) is 0 Å². The van der Waals surface area contributed by atoms with Crippen LogP contribution in [-0.4, -0.2) is 20.6 Å². The molecule has 0 unspecified atom stereocenters. The predicted octanol–water partition coefficient (Wildman–Crippen LogP) is 4.36. The van der Waals surface area contributed by atoms with E-state index in [4.69, 9.17) is 0 Å². The topological polar surface area (TPSA) is 93.3 Å². The Kier molecular flexibility index (Phi) is 4.45. The fourth-order valence-corrected chi connectivity index (χ4v) is 3.50. The van der Waals surface area contributed by atoms with Gasteiger partial charge in [-0.1, -0.05) is 12.1 Å². The maximum absolute atomic E-state index is 11.1. The van der Waals surface area contributed by atoms with E-state index in [-0.39, 0.29) is 10.6 Å². The fraction of sp³-hybridized carbons (Fsp3) is 0.235. The molecule has 0 saturated carbocycles. The average Bonchev–Trinajstić information content (AvgIpc) is 2.88. The third-order valence-electron chi connectivity index (χ3n) is 4.12. The van der Waals surface area contributed by atoms with Crippen molar-refractivity contribution in [3.63, 3.8) is 0 Å². The molecule has 8 heteroatoms. The number of thiophene rings is 1. The van der Waals surface area contributed by atoms with Crippen molar-refractivity contribution in [2.24, 2.45) is 5.10 Å². The molecule has 0 bridgehead atoms. The molecule has 2 heterocycles. The first-order valence-electron chi connectivity index (χ1n) is 7.65. The zero-order valence-corrected chi connectivity index (χ0v) is 15.1. The van der Waals surface area contributed by atoms with Crippen molar-refractivity contribution in [2.45, 2.75) is 27.7 Å². The van der Waals surface area contributed by atoms with Gasteiger partial charge in [0.05, 0.1) is 16.0 Å². The zero-order chi connectivity index (χ0) is 18.1. The summed E-state index contributed by atoms with van der Waals surface area (Å²) in [6.07, 6.45) is 1.50. The molecule has 2 aromatic heterocycles. The monoisotopic (exact) mass is 355 g/mol. The normalized spacial score (nSPS) is 11.8. The third kappa shape index (κ3) is 3.20. The van der Waals surface area contributed by atoms with E-state index in [1.807, 2.05) is 19.9 Å². The van der Waals surface area contributed by atoms with Gasteiger partial charge in [0.2, 0.25) is 0 Å². The maximum atomic E-state index is 11.1. The lowest BCUT2D eigenvalue weighted by Crippen LogP contribution is -2.03. The van der Waals surface area contributed by atoms with E-state index >= 15 is 0 Å². The minimum atomic E-state index is -0.384. The minimum absolute atomic E-state index is 0.0841. The number of hydrogen-bond donors (Lipinski definition) is 1. The third-order valence-corrected chi connectivity index (χ3v) is 5.23. The average molecular weight is 355 g/mol. The Morgan fingerprint density at radius 3 is 2.76 bits per heavy atom. The highest BCUT2D eigenvalue weighted by Gasteiger charge is 2.13. The van der Waals surface area contributed by atoms with Gasteiger partial charge in [-0.05, 0) is 33.3 Å². The van der Waals surface area contributed by atoms with Crippen LogP contribution in [0.15, 0.2) is 29.6 Å². The van der Waals surface area contributed by atoms with Gasteiger partial charge in [0, 0.05) is 22.1 Å². The highest BCUT2D eigenvalue weighted by Crippen LogP contribution is 2.32. The van der Waals surface area contributed by atoms with Crippen molar-refractivity contribution in [1.82, 2.24) is 9.97 Å². The van der Waals surface area contributed by atoms with Crippen LogP contribution in [0.1, 0.15) is 28.5 Å². The largest absolute Gasteiger partial charge is 0.272 e. The van der Waals surface area contributed by atoms with Gasteiger partial charge in [0.25, 0.3) is 5.69 Å². The van der Waals surface area contributed by atoms with Gasteiger partial charge in [0.1, 0.15) is 11.2 Å². The number of nitrogens with one attached hydrogen (secondary N) is 1. The van der Waals surface area contributed by atoms with E-state index in [1.165, 1.54) is 17.3 Å². The summed E-state index contributed by atoms with van der Waals surface area (Å²) in [6.45, 7) is 7.59. The molecular weight excluding hydrogens is 338 g/mol. The molecule has 0 aliphatic carbocycles. The van der Waals surface area contributed by atoms with Crippen LogP contribution in [0.3, 0.4) is 0 Å². The van der Waals surface area contributed by atoms with Crippen LogP contribution in [0, 0.1) is 30.9 Å². The van der Waals surface area contributed by atoms with E-state index in [1.54, 1.807) is 31.3 Å².